The van der Waals surface area contributed by atoms with Gasteiger partial charge in [-0.3, -0.25) is 4.90 Å². The monoisotopic (exact) mass is 342 g/mol. The quantitative estimate of drug-likeness (QED) is 0.858. The molecule has 2 bridgehead atoms. The molecule has 126 valence electrons. The van der Waals surface area contributed by atoms with Crippen molar-refractivity contribution in [3.63, 3.8) is 0 Å². The molecular weight excluding hydrogens is 320 g/mol. The summed E-state index contributed by atoms with van der Waals surface area (Å²) < 4.78 is 27.5. The molecule has 0 amide bonds. The van der Waals surface area contributed by atoms with Crippen molar-refractivity contribution in [2.75, 3.05) is 13.1 Å². The van der Waals surface area contributed by atoms with Gasteiger partial charge in [0.05, 0.1) is 4.90 Å². The van der Waals surface area contributed by atoms with E-state index >= 15 is 0 Å². The summed E-state index contributed by atoms with van der Waals surface area (Å²) in [5, 5.41) is 0. The van der Waals surface area contributed by atoms with Crippen LogP contribution < -0.4 is 0 Å². The first-order valence-electron chi connectivity index (χ1n) is 8.40. The molecule has 4 nitrogen and oxygen atoms in total. The molecule has 2 fully saturated rings. The molecule has 0 aromatic heterocycles. The van der Waals surface area contributed by atoms with Crippen molar-refractivity contribution in [2.45, 2.75) is 36.9 Å². The highest BCUT2D eigenvalue weighted by molar-refractivity contribution is 7.89. The number of fused-ring (bicyclic) bond motifs is 2. The molecule has 2 aliphatic rings. The molecule has 4 rings (SSSR count). The number of rotatable bonds is 4. The second-order valence-corrected chi connectivity index (χ2v) is 8.74. The minimum atomic E-state index is -3.38. The Hall–Kier alpha value is -1.69. The lowest BCUT2D eigenvalue weighted by Crippen LogP contribution is -2.48. The number of likely N-dealkylation sites (tertiary alicyclic amines) is 1. The standard InChI is InChI=1S/C19H22N2O2S/c1-15-7-9-19(10-8-15)24(22,23)21-14-17-11-18(21)13-20(17)12-16-5-3-2-4-6-16/h2-10,17-18H,11-14H2,1H3/t17-,18-/m0/s1. The molecular formula is C19H22N2O2S. The maximum absolute atomic E-state index is 12.9. The first-order chi connectivity index (χ1) is 11.5. The summed E-state index contributed by atoms with van der Waals surface area (Å²) in [7, 11) is -3.38. The molecule has 2 heterocycles. The molecule has 5 heteroatoms. The van der Waals surface area contributed by atoms with E-state index in [9.17, 15) is 8.42 Å². The Labute approximate surface area is 143 Å². The Bertz CT molecular complexity index is 818. The van der Waals surface area contributed by atoms with Crippen LogP contribution >= 0.6 is 0 Å². The number of nitrogens with zero attached hydrogens (tertiary/aromatic N) is 2. The van der Waals surface area contributed by atoms with Crippen molar-refractivity contribution in [1.82, 2.24) is 9.21 Å². The fourth-order valence-electron chi connectivity index (χ4n) is 3.86. The van der Waals surface area contributed by atoms with Crippen LogP contribution in [0.15, 0.2) is 59.5 Å². The number of hydrogen-bond acceptors (Lipinski definition) is 3. The molecule has 2 aromatic rings. The largest absolute Gasteiger partial charge is 0.293 e. The highest BCUT2D eigenvalue weighted by atomic mass is 32.2. The van der Waals surface area contributed by atoms with E-state index in [0.717, 1.165) is 25.1 Å². The van der Waals surface area contributed by atoms with E-state index in [0.29, 0.717) is 17.5 Å². The van der Waals surface area contributed by atoms with Crippen molar-refractivity contribution in [3.05, 3.63) is 65.7 Å². The summed E-state index contributed by atoms with van der Waals surface area (Å²) in [6.45, 7) is 4.30. The molecule has 0 N–H and O–H groups in total. The number of aryl methyl sites for hydroxylation is 1. The summed E-state index contributed by atoms with van der Waals surface area (Å²) in [6.07, 6.45) is 0.942. The Balaban J connectivity index is 1.49. The average Bonchev–Trinajstić information content (AvgIpc) is 3.17. The smallest absolute Gasteiger partial charge is 0.243 e. The minimum Gasteiger partial charge on any atom is -0.293 e. The van der Waals surface area contributed by atoms with Gasteiger partial charge >= 0.3 is 0 Å². The van der Waals surface area contributed by atoms with Crippen molar-refractivity contribution in [3.8, 4) is 0 Å². The first kappa shape index (κ1) is 15.8. The highest BCUT2D eigenvalue weighted by Crippen LogP contribution is 2.35. The van der Waals surface area contributed by atoms with E-state index in [1.165, 1.54) is 5.56 Å². The normalized spacial score (nSPS) is 24.5. The maximum atomic E-state index is 12.9. The zero-order chi connectivity index (χ0) is 16.7. The van der Waals surface area contributed by atoms with Crippen molar-refractivity contribution in [1.29, 1.82) is 0 Å². The van der Waals surface area contributed by atoms with Gasteiger partial charge in [-0.25, -0.2) is 8.42 Å². The molecule has 0 radical (unpaired) electrons. The van der Waals surface area contributed by atoms with Crippen LogP contribution in [0.25, 0.3) is 0 Å². The molecule has 2 atom stereocenters. The van der Waals surface area contributed by atoms with E-state index in [-0.39, 0.29) is 6.04 Å². The van der Waals surface area contributed by atoms with E-state index in [1.54, 1.807) is 16.4 Å². The summed E-state index contributed by atoms with van der Waals surface area (Å²) in [5.41, 5.74) is 2.36. The summed E-state index contributed by atoms with van der Waals surface area (Å²) >= 11 is 0. The van der Waals surface area contributed by atoms with Crippen LogP contribution in [0.2, 0.25) is 0 Å². The van der Waals surface area contributed by atoms with E-state index < -0.39 is 10.0 Å². The van der Waals surface area contributed by atoms with E-state index in [4.69, 9.17) is 0 Å². The van der Waals surface area contributed by atoms with Gasteiger partial charge in [-0.15, -0.1) is 0 Å². The van der Waals surface area contributed by atoms with Gasteiger partial charge in [-0.05, 0) is 31.0 Å². The second-order valence-electron chi connectivity index (χ2n) is 6.85. The summed E-state index contributed by atoms with van der Waals surface area (Å²) in [5.74, 6) is 0. The number of piperazine rings is 1. The molecule has 0 spiro atoms. The van der Waals surface area contributed by atoms with Gasteiger partial charge in [-0.1, -0.05) is 48.0 Å². The molecule has 0 aliphatic carbocycles. The first-order valence-corrected chi connectivity index (χ1v) is 9.84. The van der Waals surface area contributed by atoms with Gasteiger partial charge in [0.15, 0.2) is 0 Å². The third-order valence-corrected chi connectivity index (χ3v) is 7.09. The number of sulfonamides is 1. The molecule has 0 unspecified atom stereocenters. The highest BCUT2D eigenvalue weighted by Gasteiger charge is 2.48. The molecule has 24 heavy (non-hydrogen) atoms. The maximum Gasteiger partial charge on any atom is 0.243 e. The van der Waals surface area contributed by atoms with Gasteiger partial charge < -0.3 is 0 Å². The van der Waals surface area contributed by atoms with Crippen LogP contribution in [0, 0.1) is 6.92 Å². The third-order valence-electron chi connectivity index (χ3n) is 5.16. The van der Waals surface area contributed by atoms with E-state index in [1.807, 2.05) is 25.1 Å². The van der Waals surface area contributed by atoms with Gasteiger partial charge in [0.1, 0.15) is 0 Å². The number of benzene rings is 2. The summed E-state index contributed by atoms with van der Waals surface area (Å²) in [6, 6.07) is 18.0. The van der Waals surface area contributed by atoms with Crippen LogP contribution in [0.4, 0.5) is 0 Å². The lowest BCUT2D eigenvalue weighted by atomic mass is 10.2. The van der Waals surface area contributed by atoms with Gasteiger partial charge in [0.2, 0.25) is 10.0 Å². The zero-order valence-electron chi connectivity index (χ0n) is 13.8. The Morgan fingerprint density at radius 3 is 2.29 bits per heavy atom. The van der Waals surface area contributed by atoms with E-state index in [2.05, 4.69) is 29.2 Å². The lowest BCUT2D eigenvalue weighted by molar-refractivity contribution is 0.174. The number of hydrogen-bond donors (Lipinski definition) is 0. The topological polar surface area (TPSA) is 40.6 Å². The molecule has 2 aliphatic heterocycles. The molecule has 2 saturated heterocycles. The Kier molecular flexibility index (Phi) is 3.95. The van der Waals surface area contributed by atoms with Crippen LogP contribution in [0.3, 0.4) is 0 Å². The van der Waals surface area contributed by atoms with Crippen molar-refractivity contribution in [2.24, 2.45) is 0 Å². The van der Waals surface area contributed by atoms with Crippen LogP contribution in [0.1, 0.15) is 17.5 Å². The van der Waals surface area contributed by atoms with Crippen LogP contribution in [-0.2, 0) is 16.6 Å². The average molecular weight is 342 g/mol. The van der Waals surface area contributed by atoms with Crippen LogP contribution in [0.5, 0.6) is 0 Å². The second kappa shape index (κ2) is 5.99. The fraction of sp³-hybridized carbons (Fsp3) is 0.368. The van der Waals surface area contributed by atoms with Crippen molar-refractivity contribution >= 4 is 10.0 Å². The molecule has 0 saturated carbocycles. The third kappa shape index (κ3) is 2.77. The van der Waals surface area contributed by atoms with Gasteiger partial charge in [0.25, 0.3) is 0 Å². The predicted molar refractivity (Wildman–Crippen MR) is 94.1 cm³/mol. The zero-order valence-corrected chi connectivity index (χ0v) is 14.6. The van der Waals surface area contributed by atoms with Gasteiger partial charge in [0, 0.05) is 31.7 Å². The van der Waals surface area contributed by atoms with Gasteiger partial charge in [-0.2, -0.15) is 4.31 Å². The molecule has 2 aromatic carbocycles. The minimum absolute atomic E-state index is 0.102. The predicted octanol–water partition coefficient (Wildman–Crippen LogP) is 2.64. The fourth-order valence-corrected chi connectivity index (χ4v) is 5.53. The Morgan fingerprint density at radius 2 is 1.67 bits per heavy atom. The van der Waals surface area contributed by atoms with Crippen molar-refractivity contribution < 1.29 is 8.42 Å². The van der Waals surface area contributed by atoms with Crippen LogP contribution in [-0.4, -0.2) is 42.8 Å². The SMILES string of the molecule is Cc1ccc(S(=O)(=O)N2C[C@@H]3C[C@H]2CN3Cc2ccccc2)cc1. The summed E-state index contributed by atoms with van der Waals surface area (Å²) in [4.78, 5) is 2.83. The lowest BCUT2D eigenvalue weighted by Gasteiger charge is -2.33. The Morgan fingerprint density at radius 1 is 0.958 bits per heavy atom.